The summed E-state index contributed by atoms with van der Waals surface area (Å²) in [5, 5.41) is 3.23. The molecule has 7 heteroatoms. The molecule has 6 nitrogen and oxygen atoms in total. The molecule has 0 aromatic heterocycles. The molecule has 1 amide bonds. The molecule has 1 heterocycles. The number of rotatable bonds is 1. The quantitative estimate of drug-likeness (QED) is 0.608. The van der Waals surface area contributed by atoms with E-state index >= 15 is 0 Å². The van der Waals surface area contributed by atoms with Gasteiger partial charge in [0.05, 0.1) is 5.69 Å². The van der Waals surface area contributed by atoms with Gasteiger partial charge in [0.2, 0.25) is 0 Å². The molecular formula is C23H27N3O3S. The van der Waals surface area contributed by atoms with Crippen molar-refractivity contribution in [1.82, 2.24) is 4.72 Å². The predicted molar refractivity (Wildman–Crippen MR) is 118 cm³/mol. The predicted octanol–water partition coefficient (Wildman–Crippen LogP) is 3.42. The van der Waals surface area contributed by atoms with Crippen molar-refractivity contribution in [3.05, 3.63) is 60.7 Å². The monoisotopic (exact) mass is 425 g/mol. The second-order valence-corrected chi connectivity index (χ2v) is 9.72. The van der Waals surface area contributed by atoms with Crippen molar-refractivity contribution >= 4 is 21.6 Å². The van der Waals surface area contributed by atoms with Gasteiger partial charge in [0, 0.05) is 12.5 Å². The number of carbonyl (C=O) groups excluding carboxylic acids is 1. The van der Waals surface area contributed by atoms with Gasteiger partial charge in [0.15, 0.2) is 0 Å². The zero-order chi connectivity index (χ0) is 21.2. The Bertz CT molecular complexity index is 1070. The van der Waals surface area contributed by atoms with E-state index in [1.54, 1.807) is 12.1 Å². The molecule has 2 aliphatic rings. The molecule has 1 aliphatic heterocycles. The Morgan fingerprint density at radius 2 is 1.80 bits per heavy atom. The standard InChI is InChI=1S/C23H27N3O3S/c24-23-16-19(23)11-7-2-1-3-8-14-25-20-13-12-18(17-9-5-4-6-10-17)15-21(20)30(28,29)26-22(23)27/h4-7,9-13,15,19,25H,1-3,8,14,16,24H2,(H,26,27)/b11-7-/t19-,23+/m0/s1. The molecule has 0 radical (unpaired) electrons. The largest absolute Gasteiger partial charge is 0.384 e. The molecule has 2 atom stereocenters. The highest BCUT2D eigenvalue weighted by atomic mass is 32.2. The van der Waals surface area contributed by atoms with E-state index in [2.05, 4.69) is 16.1 Å². The summed E-state index contributed by atoms with van der Waals surface area (Å²) in [6, 6.07) is 14.8. The highest BCUT2D eigenvalue weighted by Crippen LogP contribution is 2.43. The van der Waals surface area contributed by atoms with Gasteiger partial charge in [-0.3, -0.25) is 4.79 Å². The van der Waals surface area contributed by atoms with Crippen LogP contribution in [0.1, 0.15) is 32.1 Å². The van der Waals surface area contributed by atoms with Crippen molar-refractivity contribution in [2.24, 2.45) is 11.7 Å². The highest BCUT2D eigenvalue weighted by Gasteiger charge is 2.56. The maximum atomic E-state index is 13.2. The molecule has 0 saturated heterocycles. The summed E-state index contributed by atoms with van der Waals surface area (Å²) < 4.78 is 28.6. The first-order valence-corrected chi connectivity index (χ1v) is 11.8. The van der Waals surface area contributed by atoms with Crippen molar-refractivity contribution < 1.29 is 13.2 Å². The molecule has 30 heavy (non-hydrogen) atoms. The van der Waals surface area contributed by atoms with Crippen LogP contribution < -0.4 is 15.8 Å². The molecular weight excluding hydrogens is 398 g/mol. The summed E-state index contributed by atoms with van der Waals surface area (Å²) >= 11 is 0. The van der Waals surface area contributed by atoms with Crippen LogP contribution in [0.15, 0.2) is 65.6 Å². The fourth-order valence-corrected chi connectivity index (χ4v) is 5.08. The fourth-order valence-electron chi connectivity index (χ4n) is 3.83. The summed E-state index contributed by atoms with van der Waals surface area (Å²) in [7, 11) is -4.09. The van der Waals surface area contributed by atoms with Crippen LogP contribution in [0.5, 0.6) is 0 Å². The van der Waals surface area contributed by atoms with E-state index in [9.17, 15) is 13.2 Å². The van der Waals surface area contributed by atoms with Crippen LogP contribution in [0, 0.1) is 5.92 Å². The van der Waals surface area contributed by atoms with Crippen molar-refractivity contribution in [3.63, 3.8) is 0 Å². The molecule has 1 fully saturated rings. The van der Waals surface area contributed by atoms with E-state index in [1.807, 2.05) is 42.5 Å². The third kappa shape index (κ3) is 4.27. The minimum atomic E-state index is -4.09. The lowest BCUT2D eigenvalue weighted by Crippen LogP contribution is -2.46. The summed E-state index contributed by atoms with van der Waals surface area (Å²) in [5.41, 5.74) is 7.19. The lowest BCUT2D eigenvalue weighted by atomic mass is 10.1. The number of allylic oxidation sites excluding steroid dienone is 1. The van der Waals surface area contributed by atoms with Crippen LogP contribution in [0.25, 0.3) is 11.1 Å². The molecule has 2 aromatic carbocycles. The highest BCUT2D eigenvalue weighted by molar-refractivity contribution is 7.90. The summed E-state index contributed by atoms with van der Waals surface area (Å²) in [4.78, 5) is 12.8. The van der Waals surface area contributed by atoms with Crippen LogP contribution in [0.4, 0.5) is 5.69 Å². The SMILES string of the molecule is N[C@]12C[C@@H]1/C=C\CCCCCNc1ccc(-c3ccccc3)cc1S(=O)(=O)NC2=O. The molecule has 2 aromatic rings. The maximum Gasteiger partial charge on any atom is 0.266 e. The van der Waals surface area contributed by atoms with E-state index in [1.165, 1.54) is 0 Å². The lowest BCUT2D eigenvalue weighted by molar-refractivity contribution is -0.121. The third-order valence-corrected chi connectivity index (χ3v) is 7.19. The van der Waals surface area contributed by atoms with Gasteiger partial charge >= 0.3 is 0 Å². The van der Waals surface area contributed by atoms with Gasteiger partial charge < -0.3 is 11.1 Å². The number of amides is 1. The molecule has 1 aliphatic carbocycles. The van der Waals surface area contributed by atoms with Crippen molar-refractivity contribution in [1.29, 1.82) is 0 Å². The molecule has 158 valence electrons. The summed E-state index contributed by atoms with van der Waals surface area (Å²) in [6.45, 7) is 0.661. The Morgan fingerprint density at radius 3 is 2.60 bits per heavy atom. The first-order valence-electron chi connectivity index (χ1n) is 10.4. The zero-order valence-electron chi connectivity index (χ0n) is 16.8. The van der Waals surface area contributed by atoms with Gasteiger partial charge in [0.1, 0.15) is 10.4 Å². The van der Waals surface area contributed by atoms with Crippen LogP contribution in [0.3, 0.4) is 0 Å². The average Bonchev–Trinajstić information content (AvgIpc) is 3.41. The Hall–Kier alpha value is -2.64. The normalized spacial score (nSPS) is 27.2. The van der Waals surface area contributed by atoms with Gasteiger partial charge in [-0.15, -0.1) is 0 Å². The Kier molecular flexibility index (Phi) is 5.66. The van der Waals surface area contributed by atoms with Gasteiger partial charge in [-0.2, -0.15) is 0 Å². The van der Waals surface area contributed by atoms with Crippen LogP contribution >= 0.6 is 0 Å². The Morgan fingerprint density at radius 1 is 1.00 bits per heavy atom. The molecule has 0 spiro atoms. The molecule has 0 unspecified atom stereocenters. The smallest absolute Gasteiger partial charge is 0.266 e. The van der Waals surface area contributed by atoms with E-state index in [4.69, 9.17) is 5.73 Å². The van der Waals surface area contributed by atoms with E-state index in [0.29, 0.717) is 18.7 Å². The fraction of sp³-hybridized carbons (Fsp3) is 0.348. The number of benzene rings is 2. The van der Waals surface area contributed by atoms with Crippen molar-refractivity contribution in [2.45, 2.75) is 42.5 Å². The number of sulfonamides is 1. The first-order chi connectivity index (χ1) is 14.4. The average molecular weight is 426 g/mol. The number of hydrogen-bond donors (Lipinski definition) is 3. The minimum Gasteiger partial charge on any atom is -0.384 e. The van der Waals surface area contributed by atoms with Crippen molar-refractivity contribution in [2.75, 3.05) is 11.9 Å². The van der Waals surface area contributed by atoms with E-state index in [-0.39, 0.29) is 10.8 Å². The van der Waals surface area contributed by atoms with E-state index in [0.717, 1.165) is 36.8 Å². The molecule has 4 rings (SSSR count). The van der Waals surface area contributed by atoms with Gasteiger partial charge in [-0.25, -0.2) is 13.1 Å². The number of anilines is 1. The number of nitrogens with one attached hydrogen (secondary N) is 2. The molecule has 4 N–H and O–H groups in total. The zero-order valence-corrected chi connectivity index (χ0v) is 17.6. The number of fused-ring (bicyclic) bond motifs is 2. The minimum absolute atomic E-state index is 0.0587. The Labute approximate surface area is 177 Å². The van der Waals surface area contributed by atoms with Gasteiger partial charge in [-0.05, 0) is 48.9 Å². The second-order valence-electron chi connectivity index (χ2n) is 8.07. The second kappa shape index (κ2) is 8.24. The summed E-state index contributed by atoms with van der Waals surface area (Å²) in [6.07, 6.45) is 8.42. The summed E-state index contributed by atoms with van der Waals surface area (Å²) in [5.74, 6) is -0.769. The van der Waals surface area contributed by atoms with Crippen molar-refractivity contribution in [3.8, 4) is 11.1 Å². The molecule has 1 saturated carbocycles. The Balaban J connectivity index is 1.71. The third-order valence-electron chi connectivity index (χ3n) is 5.82. The lowest BCUT2D eigenvalue weighted by Gasteiger charge is -2.17. The van der Waals surface area contributed by atoms with Crippen LogP contribution in [-0.4, -0.2) is 26.4 Å². The van der Waals surface area contributed by atoms with Crippen LogP contribution in [-0.2, 0) is 14.8 Å². The van der Waals surface area contributed by atoms with Gasteiger partial charge in [-0.1, -0.05) is 55.0 Å². The van der Waals surface area contributed by atoms with E-state index < -0.39 is 21.5 Å². The van der Waals surface area contributed by atoms with Crippen LogP contribution in [0.2, 0.25) is 0 Å². The molecule has 0 bridgehead atoms. The number of nitrogens with two attached hydrogens (primary N) is 1. The first kappa shape index (κ1) is 20.6. The number of carbonyl (C=O) groups is 1. The number of hydrogen-bond acceptors (Lipinski definition) is 5. The maximum absolute atomic E-state index is 13.2. The topological polar surface area (TPSA) is 101 Å². The van der Waals surface area contributed by atoms with Gasteiger partial charge in [0.25, 0.3) is 15.9 Å².